The van der Waals surface area contributed by atoms with Crippen molar-refractivity contribution in [2.75, 3.05) is 44.8 Å². The SMILES string of the molecule is CN1CC/C=C/[C@H](OCC(=O)O)[C@@H]2CC[C@H]2CN2C[C@@]3(CCCc4cc(Cl)ccc43)COc3ccc(cc32)[C@@](O)(C(=O)NS(=O)(=O)C2CC2)CC1=O. The number of halogens is 1. The summed E-state index contributed by atoms with van der Waals surface area (Å²) in [5.74, 6) is -2.09. The molecule has 2 bridgehead atoms. The molecule has 2 aliphatic heterocycles. The fourth-order valence-corrected chi connectivity index (χ4v) is 9.91. The number of rotatable bonds is 6. The largest absolute Gasteiger partial charge is 0.490 e. The zero-order chi connectivity index (χ0) is 36.8. The minimum Gasteiger partial charge on any atom is -0.490 e. The van der Waals surface area contributed by atoms with Crippen LogP contribution >= 0.6 is 11.6 Å². The molecule has 5 atom stereocenters. The van der Waals surface area contributed by atoms with E-state index in [-0.39, 0.29) is 23.9 Å². The Morgan fingerprint density at radius 2 is 1.94 bits per heavy atom. The Morgan fingerprint density at radius 3 is 2.67 bits per heavy atom. The number of carboxylic acid groups (broad SMARTS) is 1. The summed E-state index contributed by atoms with van der Waals surface area (Å²) in [4.78, 5) is 42.7. The van der Waals surface area contributed by atoms with Crippen molar-refractivity contribution < 1.29 is 42.5 Å². The number of sulfonamides is 1. The zero-order valence-corrected chi connectivity index (χ0v) is 30.8. The number of hydrogen-bond donors (Lipinski definition) is 3. The highest BCUT2D eigenvalue weighted by Gasteiger charge is 2.48. The first-order valence-electron chi connectivity index (χ1n) is 18.1. The maximum Gasteiger partial charge on any atom is 0.329 e. The third-order valence-electron chi connectivity index (χ3n) is 11.6. The number of nitrogens with one attached hydrogen (secondary N) is 1. The molecule has 52 heavy (non-hydrogen) atoms. The third-order valence-corrected chi connectivity index (χ3v) is 13.7. The third kappa shape index (κ3) is 7.29. The van der Waals surface area contributed by atoms with Gasteiger partial charge in [-0.2, -0.15) is 0 Å². The molecular formula is C38H46ClN3O9S. The molecule has 2 aromatic carbocycles. The van der Waals surface area contributed by atoms with Crippen molar-refractivity contribution in [3.63, 3.8) is 0 Å². The van der Waals surface area contributed by atoms with Gasteiger partial charge in [0, 0.05) is 37.1 Å². The van der Waals surface area contributed by atoms with E-state index in [1.54, 1.807) is 19.2 Å². The average Bonchev–Trinajstić information content (AvgIpc) is 3.96. The maximum atomic E-state index is 13.9. The first-order valence-corrected chi connectivity index (χ1v) is 20.0. The van der Waals surface area contributed by atoms with E-state index in [4.69, 9.17) is 21.1 Å². The lowest BCUT2D eigenvalue weighted by atomic mass is 9.68. The van der Waals surface area contributed by atoms with Gasteiger partial charge in [0.15, 0.2) is 5.60 Å². The number of benzene rings is 2. The van der Waals surface area contributed by atoms with E-state index >= 15 is 0 Å². The number of carboxylic acids is 1. The van der Waals surface area contributed by atoms with Gasteiger partial charge < -0.3 is 29.5 Å². The molecule has 2 heterocycles. The molecule has 2 amide bonds. The Balaban J connectivity index is 1.33. The van der Waals surface area contributed by atoms with Crippen molar-refractivity contribution >= 4 is 45.1 Å². The predicted molar refractivity (Wildman–Crippen MR) is 194 cm³/mol. The van der Waals surface area contributed by atoms with Crippen LogP contribution in [0.15, 0.2) is 48.6 Å². The van der Waals surface area contributed by atoms with Gasteiger partial charge in [-0.05, 0) is 104 Å². The lowest BCUT2D eigenvalue weighted by Crippen LogP contribution is -2.51. The highest BCUT2D eigenvalue weighted by atomic mass is 35.5. The molecule has 0 aromatic heterocycles. The van der Waals surface area contributed by atoms with Crippen molar-refractivity contribution in [3.8, 4) is 5.75 Å². The van der Waals surface area contributed by atoms with Crippen molar-refractivity contribution in [2.24, 2.45) is 11.8 Å². The van der Waals surface area contributed by atoms with Gasteiger partial charge in [-0.15, -0.1) is 0 Å². The van der Waals surface area contributed by atoms with E-state index in [0.29, 0.717) is 55.4 Å². The molecule has 5 aliphatic rings. The van der Waals surface area contributed by atoms with Crippen molar-refractivity contribution in [2.45, 2.75) is 80.2 Å². The highest BCUT2D eigenvalue weighted by molar-refractivity contribution is 7.90. The van der Waals surface area contributed by atoms with E-state index in [0.717, 1.165) is 37.7 Å². The summed E-state index contributed by atoms with van der Waals surface area (Å²) in [7, 11) is -2.49. The summed E-state index contributed by atoms with van der Waals surface area (Å²) in [6.07, 6.45) is 8.30. The van der Waals surface area contributed by atoms with E-state index in [1.165, 1.54) is 16.5 Å². The van der Waals surface area contributed by atoms with E-state index < -0.39 is 63.2 Å². The number of anilines is 1. The smallest absolute Gasteiger partial charge is 0.329 e. The van der Waals surface area contributed by atoms with Gasteiger partial charge in [-0.1, -0.05) is 35.9 Å². The lowest BCUT2D eigenvalue weighted by molar-refractivity contribution is -0.148. The van der Waals surface area contributed by atoms with Crippen molar-refractivity contribution in [3.05, 3.63) is 70.3 Å². The van der Waals surface area contributed by atoms with Crippen LogP contribution in [0.3, 0.4) is 0 Å². The van der Waals surface area contributed by atoms with Gasteiger partial charge in [-0.25, -0.2) is 13.2 Å². The van der Waals surface area contributed by atoms with Crippen LogP contribution in [0.5, 0.6) is 5.75 Å². The van der Waals surface area contributed by atoms with Gasteiger partial charge in [0.25, 0.3) is 5.91 Å². The van der Waals surface area contributed by atoms with Gasteiger partial charge in [-0.3, -0.25) is 14.3 Å². The first kappa shape index (κ1) is 36.7. The van der Waals surface area contributed by atoms with Gasteiger partial charge >= 0.3 is 5.97 Å². The number of ether oxygens (including phenoxy) is 2. The summed E-state index contributed by atoms with van der Waals surface area (Å²) >= 11 is 6.44. The molecule has 3 aliphatic carbocycles. The molecule has 12 nitrogen and oxygen atoms in total. The fourth-order valence-electron chi connectivity index (χ4n) is 8.36. The molecule has 7 rings (SSSR count). The quantitative estimate of drug-likeness (QED) is 0.369. The second-order valence-corrected chi connectivity index (χ2v) is 17.6. The van der Waals surface area contributed by atoms with Crippen LogP contribution in [-0.2, 0) is 46.6 Å². The number of carbonyl (C=O) groups excluding carboxylic acids is 2. The van der Waals surface area contributed by atoms with E-state index in [1.807, 2.05) is 24.3 Å². The lowest BCUT2D eigenvalue weighted by Gasteiger charge is -2.46. The van der Waals surface area contributed by atoms with Crippen molar-refractivity contribution in [1.82, 2.24) is 9.62 Å². The summed E-state index contributed by atoms with van der Waals surface area (Å²) in [5, 5.41) is 21.7. The zero-order valence-electron chi connectivity index (χ0n) is 29.3. The first-order chi connectivity index (χ1) is 24.8. The summed E-state index contributed by atoms with van der Waals surface area (Å²) in [5.41, 5.74) is 0.104. The van der Waals surface area contributed by atoms with Crippen molar-refractivity contribution in [1.29, 1.82) is 0 Å². The average molecular weight is 756 g/mol. The standard InChI is InChI=1S/C38H46ClN3O9S/c1-41-16-3-2-6-32(50-21-35(44)45)29-12-7-25(29)20-42-22-37(15-4-5-24-17-27(39)9-13-30(24)37)23-51-33-14-8-26(18-31(33)42)38(47,19-34(41)43)36(46)40-52(48,49)28-10-11-28/h2,6,8-9,13-14,17-18,25,28-29,32,47H,3-5,7,10-12,15-16,19-23H2,1H3,(H,40,46)(H,44,45)/b6-2+/t25-,29+,32-,37-,38+/m0/s1. The second kappa shape index (κ2) is 14.3. The molecule has 0 saturated heterocycles. The number of aliphatic carboxylic acids is 1. The van der Waals surface area contributed by atoms with E-state index in [2.05, 4.69) is 15.7 Å². The minimum absolute atomic E-state index is 0.0300. The summed E-state index contributed by atoms with van der Waals surface area (Å²) in [6, 6.07) is 10.9. The molecular weight excluding hydrogens is 710 g/mol. The predicted octanol–water partition coefficient (Wildman–Crippen LogP) is 3.91. The Morgan fingerprint density at radius 1 is 1.13 bits per heavy atom. The molecule has 1 spiro atoms. The Hall–Kier alpha value is -3.65. The van der Waals surface area contributed by atoms with Crippen LogP contribution in [0.4, 0.5) is 5.69 Å². The van der Waals surface area contributed by atoms with Gasteiger partial charge in [0.1, 0.15) is 12.4 Å². The van der Waals surface area contributed by atoms with Gasteiger partial charge in [0.05, 0.1) is 30.1 Å². The molecule has 2 saturated carbocycles. The molecule has 0 radical (unpaired) electrons. The number of carbonyl (C=O) groups is 3. The van der Waals surface area contributed by atoms with Crippen LogP contribution in [-0.4, -0.2) is 92.6 Å². The monoisotopic (exact) mass is 755 g/mol. The normalized spacial score (nSPS) is 29.9. The molecule has 280 valence electrons. The summed E-state index contributed by atoms with van der Waals surface area (Å²) < 4.78 is 40.5. The van der Waals surface area contributed by atoms with Gasteiger partial charge in [0.2, 0.25) is 15.9 Å². The number of fused-ring (bicyclic) bond motifs is 4. The molecule has 2 fully saturated rings. The number of nitrogens with zero attached hydrogens (tertiary/aromatic N) is 2. The number of hydrogen-bond acceptors (Lipinski definition) is 9. The van der Waals surface area contributed by atoms with Crippen LogP contribution in [0, 0.1) is 11.8 Å². The van der Waals surface area contributed by atoms with Crippen LogP contribution in [0.2, 0.25) is 5.02 Å². The Kier molecular flexibility index (Phi) is 10.1. The molecule has 0 unspecified atom stereocenters. The minimum atomic E-state index is -4.04. The molecule has 14 heteroatoms. The van der Waals surface area contributed by atoms with E-state index in [9.17, 15) is 33.0 Å². The van der Waals surface area contributed by atoms with Crippen LogP contribution in [0.25, 0.3) is 0 Å². The molecule has 3 N–H and O–H groups in total. The van der Waals surface area contributed by atoms with Crippen LogP contribution in [0.1, 0.15) is 68.1 Å². The number of aryl methyl sites for hydroxylation is 1. The maximum absolute atomic E-state index is 13.9. The Labute approximate surface area is 309 Å². The topological polar surface area (TPSA) is 163 Å². The Bertz CT molecular complexity index is 1880. The number of amides is 2. The fraction of sp³-hybridized carbons (Fsp3) is 0.553. The van der Waals surface area contributed by atoms with Crippen LogP contribution < -0.4 is 14.4 Å². The number of aliphatic hydroxyl groups is 1. The second-order valence-electron chi connectivity index (χ2n) is 15.2. The summed E-state index contributed by atoms with van der Waals surface area (Å²) in [6.45, 7) is 1.28. The highest BCUT2D eigenvalue weighted by Crippen LogP contribution is 2.48. The molecule has 2 aromatic rings.